The first-order chi connectivity index (χ1) is 11.0. The molecule has 5 nitrogen and oxygen atoms in total. The molecule has 1 unspecified atom stereocenters. The zero-order valence-electron chi connectivity index (χ0n) is 14.6. The monoisotopic (exact) mass is 320 g/mol. The van der Waals surface area contributed by atoms with Crippen molar-refractivity contribution in [3.63, 3.8) is 0 Å². The fourth-order valence-corrected chi connectivity index (χ4v) is 2.27. The number of benzene rings is 1. The molecule has 0 bridgehead atoms. The summed E-state index contributed by atoms with van der Waals surface area (Å²) in [6.45, 7) is 9.01. The lowest BCUT2D eigenvalue weighted by molar-refractivity contribution is -0.137. The Kier molecular flexibility index (Phi) is 8.16. The topological polar surface area (TPSA) is 58.6 Å². The van der Waals surface area contributed by atoms with Gasteiger partial charge in [-0.15, -0.1) is 0 Å². The average molecular weight is 320 g/mol. The van der Waals surface area contributed by atoms with Gasteiger partial charge in [-0.2, -0.15) is 0 Å². The van der Waals surface area contributed by atoms with Gasteiger partial charge in [-0.3, -0.25) is 9.59 Å². The number of para-hydroxylation sites is 1. The minimum Gasteiger partial charge on any atom is -0.483 e. The third-order valence-corrected chi connectivity index (χ3v) is 3.86. The van der Waals surface area contributed by atoms with Gasteiger partial charge in [0.2, 0.25) is 5.91 Å². The molecule has 1 aromatic rings. The number of ether oxygens (including phenoxy) is 1. The molecule has 0 aliphatic heterocycles. The number of carbonyl (C=O) groups is 2. The van der Waals surface area contributed by atoms with Crippen LogP contribution in [0.3, 0.4) is 0 Å². The number of nitrogens with zero attached hydrogens (tertiary/aromatic N) is 1. The Morgan fingerprint density at radius 1 is 1.22 bits per heavy atom. The lowest BCUT2D eigenvalue weighted by Crippen LogP contribution is -2.42. The van der Waals surface area contributed by atoms with Crippen LogP contribution < -0.4 is 10.1 Å². The molecule has 2 amide bonds. The lowest BCUT2D eigenvalue weighted by Gasteiger charge is -2.21. The summed E-state index contributed by atoms with van der Waals surface area (Å²) in [4.78, 5) is 25.4. The number of hydrogen-bond donors (Lipinski definition) is 1. The highest BCUT2D eigenvalue weighted by atomic mass is 16.5. The van der Waals surface area contributed by atoms with Crippen LogP contribution in [0.1, 0.15) is 45.6 Å². The van der Waals surface area contributed by atoms with E-state index in [1.807, 2.05) is 38.1 Å². The first-order valence-corrected chi connectivity index (χ1v) is 8.29. The van der Waals surface area contributed by atoms with E-state index >= 15 is 0 Å². The summed E-state index contributed by atoms with van der Waals surface area (Å²) in [7, 11) is 0. The minimum atomic E-state index is -0.183. The number of rotatable bonds is 9. The maximum Gasteiger partial charge on any atom is 0.260 e. The molecule has 0 heterocycles. The molecule has 5 heteroatoms. The second-order valence-corrected chi connectivity index (χ2v) is 5.50. The lowest BCUT2D eigenvalue weighted by atomic mass is 9.98. The Labute approximate surface area is 139 Å². The third kappa shape index (κ3) is 5.93. The SMILES string of the molecule is CCNC(=O)CN(CC)C(=O)COc1ccccc1C(C)CC. The zero-order chi connectivity index (χ0) is 17.2. The van der Waals surface area contributed by atoms with Crippen molar-refractivity contribution in [1.82, 2.24) is 10.2 Å². The van der Waals surface area contributed by atoms with Gasteiger partial charge in [0.25, 0.3) is 5.91 Å². The van der Waals surface area contributed by atoms with Crippen LogP contribution in [0, 0.1) is 0 Å². The number of hydrogen-bond acceptors (Lipinski definition) is 3. The summed E-state index contributed by atoms with van der Waals surface area (Å²) in [5.41, 5.74) is 1.11. The van der Waals surface area contributed by atoms with Crippen molar-refractivity contribution in [2.24, 2.45) is 0 Å². The van der Waals surface area contributed by atoms with E-state index in [1.54, 1.807) is 0 Å². The Bertz CT molecular complexity index is 517. The molecule has 0 saturated carbocycles. The highest BCUT2D eigenvalue weighted by Crippen LogP contribution is 2.28. The average Bonchev–Trinajstić information content (AvgIpc) is 2.57. The van der Waals surface area contributed by atoms with Crippen molar-refractivity contribution in [3.8, 4) is 5.75 Å². The van der Waals surface area contributed by atoms with Gasteiger partial charge in [0.05, 0.1) is 6.54 Å². The molecule has 0 saturated heterocycles. The first kappa shape index (κ1) is 19.0. The third-order valence-electron chi connectivity index (χ3n) is 3.86. The standard InChI is InChI=1S/C18H28N2O3/c1-5-14(4)15-10-8-9-11-16(15)23-13-18(22)20(7-3)12-17(21)19-6-2/h8-11,14H,5-7,12-13H2,1-4H3,(H,19,21). The van der Waals surface area contributed by atoms with Crippen molar-refractivity contribution >= 4 is 11.8 Å². The molecule has 1 N–H and O–H groups in total. The van der Waals surface area contributed by atoms with E-state index < -0.39 is 0 Å². The molecule has 0 radical (unpaired) electrons. The molecule has 1 rings (SSSR count). The molecule has 0 aromatic heterocycles. The van der Waals surface area contributed by atoms with Crippen molar-refractivity contribution in [2.45, 2.75) is 40.0 Å². The summed E-state index contributed by atoms with van der Waals surface area (Å²) in [6.07, 6.45) is 1.01. The van der Waals surface area contributed by atoms with Gasteiger partial charge in [-0.25, -0.2) is 0 Å². The van der Waals surface area contributed by atoms with E-state index in [-0.39, 0.29) is 25.0 Å². The molecule has 1 aromatic carbocycles. The summed E-state index contributed by atoms with van der Waals surface area (Å²) in [6, 6.07) is 7.79. The van der Waals surface area contributed by atoms with E-state index in [4.69, 9.17) is 4.74 Å². The van der Waals surface area contributed by atoms with Crippen LogP contribution in [-0.2, 0) is 9.59 Å². The Morgan fingerprint density at radius 2 is 1.91 bits per heavy atom. The zero-order valence-corrected chi connectivity index (χ0v) is 14.6. The second kappa shape index (κ2) is 9.87. The van der Waals surface area contributed by atoms with Crippen molar-refractivity contribution in [2.75, 3.05) is 26.2 Å². The van der Waals surface area contributed by atoms with Crippen LogP contribution in [0.5, 0.6) is 5.75 Å². The molecule has 0 fully saturated rings. The molecule has 0 spiro atoms. The number of carbonyl (C=O) groups excluding carboxylic acids is 2. The van der Waals surface area contributed by atoms with Crippen molar-refractivity contribution in [1.29, 1.82) is 0 Å². The van der Waals surface area contributed by atoms with Gasteiger partial charge < -0.3 is 15.0 Å². The minimum absolute atomic E-state index is 0.0549. The van der Waals surface area contributed by atoms with Gasteiger partial charge in [-0.05, 0) is 37.8 Å². The molecular formula is C18H28N2O3. The Balaban J connectivity index is 2.66. The van der Waals surface area contributed by atoms with Crippen LogP contribution in [-0.4, -0.2) is 43.0 Å². The van der Waals surface area contributed by atoms with Crippen molar-refractivity contribution in [3.05, 3.63) is 29.8 Å². The normalized spacial score (nSPS) is 11.7. The highest BCUT2D eigenvalue weighted by molar-refractivity contribution is 5.85. The van der Waals surface area contributed by atoms with Gasteiger partial charge >= 0.3 is 0 Å². The number of likely N-dealkylation sites (N-methyl/N-ethyl adjacent to an activating group) is 2. The number of nitrogens with one attached hydrogen (secondary N) is 1. The predicted molar refractivity (Wildman–Crippen MR) is 91.6 cm³/mol. The summed E-state index contributed by atoms with van der Waals surface area (Å²) >= 11 is 0. The summed E-state index contributed by atoms with van der Waals surface area (Å²) in [5.74, 6) is 0.781. The Hall–Kier alpha value is -2.04. The number of amides is 2. The van der Waals surface area contributed by atoms with Crippen molar-refractivity contribution < 1.29 is 14.3 Å². The van der Waals surface area contributed by atoms with Gasteiger partial charge in [-0.1, -0.05) is 32.0 Å². The maximum absolute atomic E-state index is 12.3. The van der Waals surface area contributed by atoms with Crippen LogP contribution in [0.2, 0.25) is 0 Å². The molecular weight excluding hydrogens is 292 g/mol. The smallest absolute Gasteiger partial charge is 0.260 e. The molecule has 128 valence electrons. The van der Waals surface area contributed by atoms with E-state index in [2.05, 4.69) is 19.2 Å². The largest absolute Gasteiger partial charge is 0.483 e. The summed E-state index contributed by atoms with van der Waals surface area (Å²) in [5, 5.41) is 2.70. The van der Waals surface area contributed by atoms with Gasteiger partial charge in [0, 0.05) is 13.1 Å². The van der Waals surface area contributed by atoms with Crippen LogP contribution in [0.25, 0.3) is 0 Å². The molecule has 0 aliphatic rings. The second-order valence-electron chi connectivity index (χ2n) is 5.50. The van der Waals surface area contributed by atoms with E-state index in [0.29, 0.717) is 19.0 Å². The maximum atomic E-state index is 12.3. The summed E-state index contributed by atoms with van der Waals surface area (Å²) < 4.78 is 5.72. The Morgan fingerprint density at radius 3 is 2.52 bits per heavy atom. The predicted octanol–water partition coefficient (Wildman–Crippen LogP) is 2.56. The van der Waals surface area contributed by atoms with E-state index in [1.165, 1.54) is 4.90 Å². The van der Waals surface area contributed by atoms with Crippen LogP contribution in [0.4, 0.5) is 0 Å². The van der Waals surface area contributed by atoms with Gasteiger partial charge in [0.15, 0.2) is 6.61 Å². The molecule has 0 aliphatic carbocycles. The first-order valence-electron chi connectivity index (χ1n) is 8.29. The molecule has 23 heavy (non-hydrogen) atoms. The van der Waals surface area contributed by atoms with E-state index in [0.717, 1.165) is 17.7 Å². The quantitative estimate of drug-likeness (QED) is 0.761. The van der Waals surface area contributed by atoms with Crippen LogP contribution in [0.15, 0.2) is 24.3 Å². The highest BCUT2D eigenvalue weighted by Gasteiger charge is 2.17. The van der Waals surface area contributed by atoms with E-state index in [9.17, 15) is 9.59 Å². The molecule has 1 atom stereocenters. The van der Waals surface area contributed by atoms with Crippen LogP contribution >= 0.6 is 0 Å². The van der Waals surface area contributed by atoms with Gasteiger partial charge in [0.1, 0.15) is 5.75 Å². The fraction of sp³-hybridized carbons (Fsp3) is 0.556. The fourth-order valence-electron chi connectivity index (χ4n) is 2.27.